The van der Waals surface area contributed by atoms with Gasteiger partial charge in [-0.15, -0.1) is 0 Å². The summed E-state index contributed by atoms with van der Waals surface area (Å²) < 4.78 is 0. The van der Waals surface area contributed by atoms with E-state index in [1.165, 1.54) is 5.56 Å². The molecule has 0 aromatic carbocycles. The van der Waals surface area contributed by atoms with Crippen molar-refractivity contribution < 1.29 is 14.7 Å². The maximum absolute atomic E-state index is 11.7. The second-order valence-electron chi connectivity index (χ2n) is 5.15. The fraction of sp³-hybridized carbons (Fsp3) is 0.538. The van der Waals surface area contributed by atoms with E-state index in [0.717, 1.165) is 6.42 Å². The van der Waals surface area contributed by atoms with E-state index in [0.29, 0.717) is 12.8 Å². The third kappa shape index (κ3) is 3.70. The number of rotatable bonds is 6. The summed E-state index contributed by atoms with van der Waals surface area (Å²) in [5, 5.41) is 18.5. The van der Waals surface area contributed by atoms with E-state index in [1.54, 1.807) is 11.3 Å². The number of carboxylic acids is 1. The summed E-state index contributed by atoms with van der Waals surface area (Å²) in [4.78, 5) is 22.6. The molecule has 1 aliphatic carbocycles. The quantitative estimate of drug-likeness (QED) is 0.745. The first-order chi connectivity index (χ1) is 9.02. The SMILES string of the molecule is CC(Cc1ccsc1)NC(=O)NCC1(C(=O)O)CC1. The van der Waals surface area contributed by atoms with Gasteiger partial charge in [-0.05, 0) is 48.6 Å². The zero-order chi connectivity index (χ0) is 13.9. The van der Waals surface area contributed by atoms with Crippen molar-refractivity contribution in [2.75, 3.05) is 6.54 Å². The lowest BCUT2D eigenvalue weighted by molar-refractivity contribution is -0.143. The van der Waals surface area contributed by atoms with Gasteiger partial charge in [0.05, 0.1) is 5.41 Å². The van der Waals surface area contributed by atoms with E-state index >= 15 is 0 Å². The highest BCUT2D eigenvalue weighted by molar-refractivity contribution is 7.07. The summed E-state index contributed by atoms with van der Waals surface area (Å²) in [6.07, 6.45) is 2.07. The van der Waals surface area contributed by atoms with Gasteiger partial charge in [0.25, 0.3) is 0 Å². The number of carboxylic acid groups (broad SMARTS) is 1. The minimum atomic E-state index is -0.820. The van der Waals surface area contributed by atoms with Crippen LogP contribution >= 0.6 is 11.3 Å². The van der Waals surface area contributed by atoms with Gasteiger partial charge in [0.1, 0.15) is 0 Å². The van der Waals surface area contributed by atoms with Crippen molar-refractivity contribution in [3.8, 4) is 0 Å². The minimum absolute atomic E-state index is 0.0228. The third-order valence-corrected chi connectivity index (χ3v) is 4.13. The maximum atomic E-state index is 11.7. The van der Waals surface area contributed by atoms with Crippen LogP contribution < -0.4 is 10.6 Å². The van der Waals surface area contributed by atoms with Crippen LogP contribution in [0.5, 0.6) is 0 Å². The van der Waals surface area contributed by atoms with Crippen LogP contribution in [0, 0.1) is 5.41 Å². The average Bonchev–Trinajstić information content (AvgIpc) is 2.98. The number of urea groups is 1. The maximum Gasteiger partial charge on any atom is 0.315 e. The first-order valence-corrected chi connectivity index (χ1v) is 7.25. The molecular weight excluding hydrogens is 264 g/mol. The van der Waals surface area contributed by atoms with Gasteiger partial charge in [-0.2, -0.15) is 11.3 Å². The lowest BCUT2D eigenvalue weighted by Crippen LogP contribution is -2.44. The molecule has 0 radical (unpaired) electrons. The number of thiophene rings is 1. The highest BCUT2D eigenvalue weighted by atomic mass is 32.1. The molecule has 0 bridgehead atoms. The van der Waals surface area contributed by atoms with Crippen LogP contribution in [0.1, 0.15) is 25.3 Å². The first-order valence-electron chi connectivity index (χ1n) is 6.31. The molecule has 1 aromatic heterocycles. The summed E-state index contributed by atoms with van der Waals surface area (Å²) in [5.41, 5.74) is 0.482. The number of aliphatic carboxylic acids is 1. The topological polar surface area (TPSA) is 78.4 Å². The molecule has 3 N–H and O–H groups in total. The molecule has 1 aliphatic rings. The summed E-state index contributed by atoms with van der Waals surface area (Å²) in [6, 6.07) is 1.76. The normalized spacial score (nSPS) is 17.5. The lowest BCUT2D eigenvalue weighted by Gasteiger charge is -2.16. The molecule has 6 heteroatoms. The molecule has 1 fully saturated rings. The van der Waals surface area contributed by atoms with Crippen LogP contribution in [0.25, 0.3) is 0 Å². The van der Waals surface area contributed by atoms with Crippen molar-refractivity contribution in [1.82, 2.24) is 10.6 Å². The van der Waals surface area contributed by atoms with Gasteiger partial charge in [-0.3, -0.25) is 4.79 Å². The molecular formula is C13H18N2O3S. The second kappa shape index (κ2) is 5.61. The number of hydrogen-bond donors (Lipinski definition) is 3. The Morgan fingerprint density at radius 1 is 1.53 bits per heavy atom. The van der Waals surface area contributed by atoms with Crippen molar-refractivity contribution >= 4 is 23.3 Å². The number of carbonyl (C=O) groups excluding carboxylic acids is 1. The summed E-state index contributed by atoms with van der Waals surface area (Å²) in [6.45, 7) is 2.14. The molecule has 1 unspecified atom stereocenters. The van der Waals surface area contributed by atoms with E-state index in [4.69, 9.17) is 5.11 Å². The van der Waals surface area contributed by atoms with Crippen molar-refractivity contribution in [1.29, 1.82) is 0 Å². The Hall–Kier alpha value is -1.56. The standard InChI is InChI=1S/C13H18N2O3S/c1-9(6-10-2-5-19-7-10)15-12(18)14-8-13(3-4-13)11(16)17/h2,5,7,9H,3-4,6,8H2,1H3,(H,16,17)(H2,14,15,18). The van der Waals surface area contributed by atoms with Gasteiger partial charge in [-0.25, -0.2) is 4.79 Å². The molecule has 0 aliphatic heterocycles. The zero-order valence-corrected chi connectivity index (χ0v) is 11.6. The molecule has 1 heterocycles. The van der Waals surface area contributed by atoms with Crippen LogP contribution in [0.15, 0.2) is 16.8 Å². The molecule has 104 valence electrons. The highest BCUT2D eigenvalue weighted by Crippen LogP contribution is 2.45. The molecule has 0 spiro atoms. The third-order valence-electron chi connectivity index (χ3n) is 3.39. The molecule has 2 amide bonds. The van der Waals surface area contributed by atoms with Gasteiger partial charge < -0.3 is 15.7 Å². The number of carbonyl (C=O) groups is 2. The van der Waals surface area contributed by atoms with Crippen molar-refractivity contribution in [2.45, 2.75) is 32.2 Å². The fourth-order valence-corrected chi connectivity index (χ4v) is 2.64. The van der Waals surface area contributed by atoms with Crippen LogP contribution in [-0.4, -0.2) is 29.7 Å². The number of nitrogens with one attached hydrogen (secondary N) is 2. The van der Waals surface area contributed by atoms with E-state index in [2.05, 4.69) is 16.0 Å². The predicted octanol–water partition coefficient (Wildman–Crippen LogP) is 1.84. The van der Waals surface area contributed by atoms with Crippen LogP contribution in [0.3, 0.4) is 0 Å². The number of amides is 2. The van der Waals surface area contributed by atoms with Gasteiger partial charge in [-0.1, -0.05) is 0 Å². The lowest BCUT2D eigenvalue weighted by atomic mass is 10.1. The van der Waals surface area contributed by atoms with E-state index < -0.39 is 11.4 Å². The molecule has 1 aromatic rings. The smallest absolute Gasteiger partial charge is 0.315 e. The Kier molecular flexibility index (Phi) is 4.09. The van der Waals surface area contributed by atoms with E-state index in [9.17, 15) is 9.59 Å². The molecule has 2 rings (SSSR count). The predicted molar refractivity (Wildman–Crippen MR) is 73.3 cm³/mol. The summed E-state index contributed by atoms with van der Waals surface area (Å²) in [7, 11) is 0. The van der Waals surface area contributed by atoms with Crippen LogP contribution in [-0.2, 0) is 11.2 Å². The van der Waals surface area contributed by atoms with E-state index in [1.807, 2.05) is 18.4 Å². The highest BCUT2D eigenvalue weighted by Gasteiger charge is 2.50. The zero-order valence-electron chi connectivity index (χ0n) is 10.8. The van der Waals surface area contributed by atoms with Crippen LogP contribution in [0.4, 0.5) is 4.79 Å². The summed E-state index contributed by atoms with van der Waals surface area (Å²) >= 11 is 1.63. The minimum Gasteiger partial charge on any atom is -0.481 e. The van der Waals surface area contributed by atoms with Gasteiger partial charge in [0.15, 0.2) is 0 Å². The van der Waals surface area contributed by atoms with Gasteiger partial charge >= 0.3 is 12.0 Å². The van der Waals surface area contributed by atoms with Crippen LogP contribution in [0.2, 0.25) is 0 Å². The molecule has 1 saturated carbocycles. The van der Waals surface area contributed by atoms with E-state index in [-0.39, 0.29) is 18.6 Å². The fourth-order valence-electron chi connectivity index (χ4n) is 1.95. The molecule has 19 heavy (non-hydrogen) atoms. The van der Waals surface area contributed by atoms with Crippen molar-refractivity contribution in [3.63, 3.8) is 0 Å². The second-order valence-corrected chi connectivity index (χ2v) is 5.93. The molecule has 0 saturated heterocycles. The van der Waals surface area contributed by atoms with Gasteiger partial charge in [0.2, 0.25) is 0 Å². The largest absolute Gasteiger partial charge is 0.481 e. The monoisotopic (exact) mass is 282 g/mol. The Morgan fingerprint density at radius 2 is 2.26 bits per heavy atom. The number of hydrogen-bond acceptors (Lipinski definition) is 3. The first kappa shape index (κ1) is 13.9. The van der Waals surface area contributed by atoms with Gasteiger partial charge in [0, 0.05) is 12.6 Å². The Balaban J connectivity index is 1.71. The average molecular weight is 282 g/mol. The summed E-state index contributed by atoms with van der Waals surface area (Å²) in [5.74, 6) is -0.820. The Bertz CT molecular complexity index is 454. The Morgan fingerprint density at radius 3 is 2.79 bits per heavy atom. The molecule has 1 atom stereocenters. The van der Waals surface area contributed by atoms with Crippen molar-refractivity contribution in [3.05, 3.63) is 22.4 Å². The van der Waals surface area contributed by atoms with Crippen molar-refractivity contribution in [2.24, 2.45) is 5.41 Å². The molecule has 5 nitrogen and oxygen atoms in total. The Labute approximate surface area is 116 Å².